The molecule has 2 aromatic rings. The molecule has 152 valence electrons. The standard InChI is InChI=1S/C19H20ClF3N2O3/c1-27-11-10-25(13-19(21,22)23)12-18(26)24-14-6-8-15(9-7-14)28-17-5-3-2-4-16(17)20/h2-9H,10-13H2,1H3,(H,24,26). The smallest absolute Gasteiger partial charge is 0.401 e. The molecule has 0 atom stereocenters. The summed E-state index contributed by atoms with van der Waals surface area (Å²) in [5.41, 5.74) is 0.440. The first-order chi connectivity index (χ1) is 13.3. The highest BCUT2D eigenvalue weighted by Gasteiger charge is 2.31. The van der Waals surface area contributed by atoms with Gasteiger partial charge in [-0.1, -0.05) is 23.7 Å². The Morgan fingerprint density at radius 3 is 2.43 bits per heavy atom. The van der Waals surface area contributed by atoms with Gasteiger partial charge in [0.15, 0.2) is 0 Å². The zero-order valence-electron chi connectivity index (χ0n) is 15.1. The summed E-state index contributed by atoms with van der Waals surface area (Å²) in [6.45, 7) is -1.50. The molecule has 1 N–H and O–H groups in total. The van der Waals surface area contributed by atoms with Crippen molar-refractivity contribution in [1.29, 1.82) is 0 Å². The molecular weight excluding hydrogens is 397 g/mol. The van der Waals surface area contributed by atoms with E-state index in [4.69, 9.17) is 21.1 Å². The normalized spacial score (nSPS) is 11.5. The summed E-state index contributed by atoms with van der Waals surface area (Å²) in [7, 11) is 1.39. The van der Waals surface area contributed by atoms with Crippen molar-refractivity contribution in [3.05, 3.63) is 53.6 Å². The molecule has 5 nitrogen and oxygen atoms in total. The molecule has 2 rings (SSSR count). The van der Waals surface area contributed by atoms with E-state index in [1.54, 1.807) is 48.5 Å². The van der Waals surface area contributed by atoms with Gasteiger partial charge in [-0.15, -0.1) is 0 Å². The van der Waals surface area contributed by atoms with E-state index in [0.717, 1.165) is 4.90 Å². The van der Waals surface area contributed by atoms with Gasteiger partial charge in [-0.3, -0.25) is 9.69 Å². The zero-order chi connectivity index (χ0) is 20.6. The molecule has 0 heterocycles. The summed E-state index contributed by atoms with van der Waals surface area (Å²) in [6.07, 6.45) is -4.40. The second-order valence-corrected chi connectivity index (χ2v) is 6.33. The predicted molar refractivity (Wildman–Crippen MR) is 101 cm³/mol. The number of carbonyl (C=O) groups is 1. The van der Waals surface area contributed by atoms with Gasteiger partial charge < -0.3 is 14.8 Å². The molecule has 0 aliphatic rings. The quantitative estimate of drug-likeness (QED) is 0.650. The van der Waals surface area contributed by atoms with Gasteiger partial charge in [0.2, 0.25) is 5.91 Å². The minimum Gasteiger partial charge on any atom is -0.456 e. The van der Waals surface area contributed by atoms with Crippen molar-refractivity contribution >= 4 is 23.2 Å². The number of rotatable bonds is 9. The second-order valence-electron chi connectivity index (χ2n) is 5.92. The van der Waals surface area contributed by atoms with Gasteiger partial charge in [0.1, 0.15) is 11.5 Å². The van der Waals surface area contributed by atoms with Crippen LogP contribution in [0.1, 0.15) is 0 Å². The molecule has 0 saturated carbocycles. The molecule has 0 aromatic heterocycles. The maximum Gasteiger partial charge on any atom is 0.401 e. The average Bonchev–Trinajstić information content (AvgIpc) is 2.62. The minimum atomic E-state index is -4.40. The molecular formula is C19H20ClF3N2O3. The SMILES string of the molecule is COCCN(CC(=O)Nc1ccc(Oc2ccccc2Cl)cc1)CC(F)(F)F. The number of para-hydroxylation sites is 1. The third-order valence-electron chi connectivity index (χ3n) is 3.58. The van der Waals surface area contributed by atoms with Crippen molar-refractivity contribution in [3.63, 3.8) is 0 Å². The van der Waals surface area contributed by atoms with Crippen molar-refractivity contribution in [2.24, 2.45) is 0 Å². The molecule has 0 fully saturated rings. The van der Waals surface area contributed by atoms with Gasteiger partial charge in [-0.2, -0.15) is 13.2 Å². The molecule has 1 amide bonds. The lowest BCUT2D eigenvalue weighted by Crippen LogP contribution is -2.41. The summed E-state index contributed by atoms with van der Waals surface area (Å²) >= 11 is 6.03. The molecule has 0 unspecified atom stereocenters. The lowest BCUT2D eigenvalue weighted by atomic mass is 10.3. The number of benzene rings is 2. The first-order valence-electron chi connectivity index (χ1n) is 8.37. The van der Waals surface area contributed by atoms with E-state index in [1.807, 2.05) is 0 Å². The van der Waals surface area contributed by atoms with Gasteiger partial charge >= 0.3 is 6.18 Å². The van der Waals surface area contributed by atoms with Crippen LogP contribution >= 0.6 is 11.6 Å². The van der Waals surface area contributed by atoms with Crippen LogP contribution in [0, 0.1) is 0 Å². The summed E-state index contributed by atoms with van der Waals surface area (Å²) in [5, 5.41) is 3.03. The minimum absolute atomic E-state index is 0.00591. The van der Waals surface area contributed by atoms with E-state index in [9.17, 15) is 18.0 Å². The van der Waals surface area contributed by atoms with Crippen LogP contribution in [-0.4, -0.2) is 50.3 Å². The Morgan fingerprint density at radius 2 is 1.82 bits per heavy atom. The van der Waals surface area contributed by atoms with Crippen molar-refractivity contribution < 1.29 is 27.4 Å². The fourth-order valence-electron chi connectivity index (χ4n) is 2.35. The van der Waals surface area contributed by atoms with E-state index in [-0.39, 0.29) is 13.2 Å². The molecule has 0 aliphatic heterocycles. The number of carbonyl (C=O) groups excluding carboxylic acids is 1. The molecule has 0 saturated heterocycles. The molecule has 0 radical (unpaired) electrons. The predicted octanol–water partition coefficient (Wildman–Crippen LogP) is 4.58. The number of hydrogen-bond acceptors (Lipinski definition) is 4. The number of alkyl halides is 3. The average molecular weight is 417 g/mol. The maximum absolute atomic E-state index is 12.6. The fourth-order valence-corrected chi connectivity index (χ4v) is 2.53. The largest absolute Gasteiger partial charge is 0.456 e. The van der Waals surface area contributed by atoms with Crippen molar-refractivity contribution in [2.75, 3.05) is 38.7 Å². The second kappa shape index (κ2) is 10.3. The number of nitrogens with zero attached hydrogens (tertiary/aromatic N) is 1. The fraction of sp³-hybridized carbons (Fsp3) is 0.316. The van der Waals surface area contributed by atoms with Gasteiger partial charge in [0, 0.05) is 19.3 Å². The van der Waals surface area contributed by atoms with E-state index in [1.165, 1.54) is 7.11 Å². The summed E-state index contributed by atoms with van der Waals surface area (Å²) < 4.78 is 48.3. The van der Waals surface area contributed by atoms with Crippen LogP contribution in [0.3, 0.4) is 0 Å². The van der Waals surface area contributed by atoms with Crippen LogP contribution in [-0.2, 0) is 9.53 Å². The van der Waals surface area contributed by atoms with Crippen LogP contribution in [0.2, 0.25) is 5.02 Å². The van der Waals surface area contributed by atoms with E-state index in [2.05, 4.69) is 5.32 Å². The highest BCUT2D eigenvalue weighted by Crippen LogP contribution is 2.29. The van der Waals surface area contributed by atoms with Crippen LogP contribution in [0.25, 0.3) is 0 Å². The molecule has 9 heteroatoms. The van der Waals surface area contributed by atoms with Crippen molar-refractivity contribution in [3.8, 4) is 11.5 Å². The first-order valence-corrected chi connectivity index (χ1v) is 8.75. The highest BCUT2D eigenvalue weighted by molar-refractivity contribution is 6.32. The number of ether oxygens (including phenoxy) is 2. The van der Waals surface area contributed by atoms with E-state index < -0.39 is 25.2 Å². The number of nitrogens with one attached hydrogen (secondary N) is 1. The summed E-state index contributed by atoms with van der Waals surface area (Å²) in [5.74, 6) is 0.437. The van der Waals surface area contributed by atoms with Crippen molar-refractivity contribution in [2.45, 2.75) is 6.18 Å². The van der Waals surface area contributed by atoms with Crippen molar-refractivity contribution in [1.82, 2.24) is 4.90 Å². The number of hydrogen-bond donors (Lipinski definition) is 1. The van der Waals surface area contributed by atoms with Crippen LogP contribution in [0.4, 0.5) is 18.9 Å². The van der Waals surface area contributed by atoms with E-state index >= 15 is 0 Å². The lowest BCUT2D eigenvalue weighted by Gasteiger charge is -2.22. The molecule has 2 aromatic carbocycles. The highest BCUT2D eigenvalue weighted by atomic mass is 35.5. The number of halogens is 4. The maximum atomic E-state index is 12.6. The Labute approximate surface area is 166 Å². The third-order valence-corrected chi connectivity index (χ3v) is 3.90. The summed E-state index contributed by atoms with van der Waals surface area (Å²) in [6, 6.07) is 13.4. The zero-order valence-corrected chi connectivity index (χ0v) is 15.9. The van der Waals surface area contributed by atoms with Gasteiger partial charge in [-0.05, 0) is 36.4 Å². The molecule has 28 heavy (non-hydrogen) atoms. The Bertz CT molecular complexity index is 770. The summed E-state index contributed by atoms with van der Waals surface area (Å²) in [4.78, 5) is 13.1. The lowest BCUT2D eigenvalue weighted by molar-refractivity contribution is -0.149. The topological polar surface area (TPSA) is 50.8 Å². The number of anilines is 1. The monoisotopic (exact) mass is 416 g/mol. The molecule has 0 bridgehead atoms. The van der Waals surface area contributed by atoms with Gasteiger partial charge in [0.25, 0.3) is 0 Å². The van der Waals surface area contributed by atoms with Gasteiger partial charge in [-0.25, -0.2) is 0 Å². The van der Waals surface area contributed by atoms with E-state index in [0.29, 0.717) is 22.2 Å². The number of amides is 1. The molecule has 0 aliphatic carbocycles. The molecule has 0 spiro atoms. The Hall–Kier alpha value is -2.29. The third kappa shape index (κ3) is 7.75. The Kier molecular flexibility index (Phi) is 8.10. The Balaban J connectivity index is 1.92. The van der Waals surface area contributed by atoms with Crippen LogP contribution < -0.4 is 10.1 Å². The Morgan fingerprint density at radius 1 is 1.14 bits per heavy atom. The number of methoxy groups -OCH3 is 1. The van der Waals surface area contributed by atoms with Crippen LogP contribution in [0.5, 0.6) is 11.5 Å². The first kappa shape index (κ1) is 22.0. The van der Waals surface area contributed by atoms with Crippen LogP contribution in [0.15, 0.2) is 48.5 Å². The van der Waals surface area contributed by atoms with Gasteiger partial charge in [0.05, 0.1) is 24.7 Å².